The van der Waals surface area contributed by atoms with Crippen molar-refractivity contribution in [2.75, 3.05) is 20.2 Å². The average Bonchev–Trinajstić information content (AvgIpc) is 2.83. The minimum absolute atomic E-state index is 0.179. The van der Waals surface area contributed by atoms with Crippen LogP contribution in [0.3, 0.4) is 0 Å². The number of likely N-dealkylation sites (tertiary alicyclic amines) is 1. The lowest BCUT2D eigenvalue weighted by Gasteiger charge is -2.17. The van der Waals surface area contributed by atoms with Crippen LogP contribution >= 0.6 is 15.9 Å². The maximum atomic E-state index is 11.9. The molecule has 0 N–H and O–H groups in total. The number of carbonyl (C=O) groups excluding carboxylic acids is 2. The number of likely N-dealkylation sites (N-methyl/N-ethyl adjacent to an activating group) is 1. The topological polar surface area (TPSA) is 46.6 Å². The molecule has 1 atom stereocenters. The minimum Gasteiger partial charge on any atom is -0.456 e. The Kier molecular flexibility index (Phi) is 4.71. The van der Waals surface area contributed by atoms with Crippen molar-refractivity contribution in [2.24, 2.45) is 0 Å². The Balaban J connectivity index is 1.86. The standard InChI is InChI=1S/C14H16BrNO3/c1-16-8-2-3-12(16)14(18)19-9-13(17)10-4-6-11(15)7-5-10/h4-7,12H,2-3,8-9H2,1H3/t12-/m0/s1. The molecule has 2 rings (SSSR count). The number of Topliss-reactive ketones (excluding diaryl/α,β-unsaturated/α-hetero) is 1. The highest BCUT2D eigenvalue weighted by Crippen LogP contribution is 2.16. The van der Waals surface area contributed by atoms with Crippen molar-refractivity contribution in [3.63, 3.8) is 0 Å². The number of ether oxygens (including phenoxy) is 1. The van der Waals surface area contributed by atoms with E-state index >= 15 is 0 Å². The van der Waals surface area contributed by atoms with E-state index < -0.39 is 0 Å². The van der Waals surface area contributed by atoms with E-state index in [1.807, 2.05) is 11.9 Å². The third-order valence-electron chi connectivity index (χ3n) is 3.30. The normalized spacial score (nSPS) is 19.4. The molecule has 5 heteroatoms. The molecule has 1 saturated heterocycles. The molecule has 1 aromatic rings. The summed E-state index contributed by atoms with van der Waals surface area (Å²) in [6.45, 7) is 0.714. The minimum atomic E-state index is -0.300. The van der Waals surface area contributed by atoms with Gasteiger partial charge in [0.15, 0.2) is 12.4 Å². The van der Waals surface area contributed by atoms with Crippen molar-refractivity contribution in [1.29, 1.82) is 0 Å². The van der Waals surface area contributed by atoms with Gasteiger partial charge in [0, 0.05) is 10.0 Å². The van der Waals surface area contributed by atoms with Gasteiger partial charge in [-0.1, -0.05) is 28.1 Å². The van der Waals surface area contributed by atoms with Crippen LogP contribution in [0.4, 0.5) is 0 Å². The van der Waals surface area contributed by atoms with Gasteiger partial charge in [-0.3, -0.25) is 14.5 Å². The fraction of sp³-hybridized carbons (Fsp3) is 0.429. The maximum absolute atomic E-state index is 11.9. The van der Waals surface area contributed by atoms with E-state index in [-0.39, 0.29) is 24.4 Å². The molecule has 0 spiro atoms. The van der Waals surface area contributed by atoms with Crippen LogP contribution in [0.1, 0.15) is 23.2 Å². The molecule has 102 valence electrons. The monoisotopic (exact) mass is 325 g/mol. The second-order valence-corrected chi connectivity index (χ2v) is 5.59. The number of carbonyl (C=O) groups is 2. The summed E-state index contributed by atoms with van der Waals surface area (Å²) in [5, 5.41) is 0. The largest absolute Gasteiger partial charge is 0.456 e. The molecule has 0 bridgehead atoms. The van der Waals surface area contributed by atoms with Gasteiger partial charge >= 0.3 is 5.97 Å². The number of hydrogen-bond acceptors (Lipinski definition) is 4. The summed E-state index contributed by atoms with van der Waals surface area (Å²) in [5.41, 5.74) is 0.552. The summed E-state index contributed by atoms with van der Waals surface area (Å²) in [4.78, 5) is 25.6. The third-order valence-corrected chi connectivity index (χ3v) is 3.83. The second-order valence-electron chi connectivity index (χ2n) is 4.68. The molecule has 1 heterocycles. The van der Waals surface area contributed by atoms with E-state index in [1.54, 1.807) is 24.3 Å². The molecule has 0 aliphatic carbocycles. The van der Waals surface area contributed by atoms with Crippen molar-refractivity contribution in [3.05, 3.63) is 34.3 Å². The van der Waals surface area contributed by atoms with Crippen LogP contribution in [0.5, 0.6) is 0 Å². The zero-order chi connectivity index (χ0) is 13.8. The van der Waals surface area contributed by atoms with Crippen molar-refractivity contribution in [2.45, 2.75) is 18.9 Å². The molecule has 1 aromatic carbocycles. The Hall–Kier alpha value is -1.20. The first-order chi connectivity index (χ1) is 9.08. The van der Waals surface area contributed by atoms with Gasteiger partial charge in [-0.2, -0.15) is 0 Å². The Morgan fingerprint density at radius 2 is 2.05 bits per heavy atom. The van der Waals surface area contributed by atoms with Gasteiger partial charge in [0.1, 0.15) is 6.04 Å². The first kappa shape index (κ1) is 14.2. The molecule has 0 unspecified atom stereocenters. The zero-order valence-corrected chi connectivity index (χ0v) is 12.4. The zero-order valence-electron chi connectivity index (χ0n) is 10.8. The highest BCUT2D eigenvalue weighted by Gasteiger charge is 2.29. The molecule has 0 saturated carbocycles. The lowest BCUT2D eigenvalue weighted by molar-refractivity contribution is -0.147. The van der Waals surface area contributed by atoms with E-state index in [4.69, 9.17) is 4.74 Å². The fourth-order valence-electron chi connectivity index (χ4n) is 2.16. The van der Waals surface area contributed by atoms with Gasteiger partial charge in [-0.15, -0.1) is 0 Å². The highest BCUT2D eigenvalue weighted by molar-refractivity contribution is 9.10. The van der Waals surface area contributed by atoms with Crippen LogP contribution in [0.15, 0.2) is 28.7 Å². The molecule has 1 aliphatic rings. The van der Waals surface area contributed by atoms with Gasteiger partial charge in [0.05, 0.1) is 0 Å². The summed E-state index contributed by atoms with van der Waals surface area (Å²) in [6, 6.07) is 6.81. The van der Waals surface area contributed by atoms with Crippen LogP contribution in [-0.2, 0) is 9.53 Å². The molecular weight excluding hydrogens is 310 g/mol. The first-order valence-electron chi connectivity index (χ1n) is 6.23. The Morgan fingerprint density at radius 1 is 1.37 bits per heavy atom. The third kappa shape index (κ3) is 3.64. The Labute approximate surface area is 120 Å². The quantitative estimate of drug-likeness (QED) is 0.629. The predicted molar refractivity (Wildman–Crippen MR) is 75.1 cm³/mol. The van der Waals surface area contributed by atoms with Crippen molar-refractivity contribution >= 4 is 27.7 Å². The smallest absolute Gasteiger partial charge is 0.323 e. The molecule has 4 nitrogen and oxygen atoms in total. The highest BCUT2D eigenvalue weighted by atomic mass is 79.9. The number of hydrogen-bond donors (Lipinski definition) is 0. The van der Waals surface area contributed by atoms with Crippen molar-refractivity contribution in [1.82, 2.24) is 4.90 Å². The SMILES string of the molecule is CN1CCC[C@H]1C(=O)OCC(=O)c1ccc(Br)cc1. The lowest BCUT2D eigenvalue weighted by Crippen LogP contribution is -2.35. The number of esters is 1. The predicted octanol–water partition coefficient (Wildman–Crippen LogP) is 2.27. The van der Waals surface area contributed by atoms with Crippen molar-refractivity contribution in [3.8, 4) is 0 Å². The first-order valence-corrected chi connectivity index (χ1v) is 7.03. The van der Waals surface area contributed by atoms with Crippen LogP contribution in [0, 0.1) is 0 Å². The van der Waals surface area contributed by atoms with Gasteiger partial charge in [0.2, 0.25) is 0 Å². The van der Waals surface area contributed by atoms with Crippen molar-refractivity contribution < 1.29 is 14.3 Å². The lowest BCUT2D eigenvalue weighted by atomic mass is 10.1. The molecule has 0 radical (unpaired) electrons. The molecular formula is C14H16BrNO3. The summed E-state index contributed by atoms with van der Waals surface area (Å²) in [5.74, 6) is -0.480. The van der Waals surface area contributed by atoms with Crippen LogP contribution in [-0.4, -0.2) is 42.9 Å². The summed E-state index contributed by atoms with van der Waals surface area (Å²) >= 11 is 3.31. The van der Waals surface area contributed by atoms with Crippen LogP contribution in [0.2, 0.25) is 0 Å². The summed E-state index contributed by atoms with van der Waals surface area (Å²) < 4.78 is 6.01. The van der Waals surface area contributed by atoms with E-state index in [2.05, 4.69) is 15.9 Å². The Bertz CT molecular complexity index is 472. The summed E-state index contributed by atoms with van der Waals surface area (Å²) in [6.07, 6.45) is 1.80. The average molecular weight is 326 g/mol. The number of benzene rings is 1. The number of nitrogens with zero attached hydrogens (tertiary/aromatic N) is 1. The second kappa shape index (κ2) is 6.30. The molecule has 1 aliphatic heterocycles. The molecule has 0 amide bonds. The molecule has 19 heavy (non-hydrogen) atoms. The van der Waals surface area contributed by atoms with Crippen LogP contribution in [0.25, 0.3) is 0 Å². The van der Waals surface area contributed by atoms with E-state index in [1.165, 1.54) is 0 Å². The number of ketones is 1. The Morgan fingerprint density at radius 3 is 2.63 bits per heavy atom. The van der Waals surface area contributed by atoms with Gasteiger partial charge in [-0.25, -0.2) is 0 Å². The molecule has 1 fully saturated rings. The fourth-order valence-corrected chi connectivity index (χ4v) is 2.42. The van der Waals surface area contributed by atoms with E-state index in [0.29, 0.717) is 5.56 Å². The number of halogens is 1. The van der Waals surface area contributed by atoms with Gasteiger partial charge < -0.3 is 4.74 Å². The van der Waals surface area contributed by atoms with E-state index in [9.17, 15) is 9.59 Å². The maximum Gasteiger partial charge on any atom is 0.323 e. The van der Waals surface area contributed by atoms with Gasteiger partial charge in [0.25, 0.3) is 0 Å². The van der Waals surface area contributed by atoms with E-state index in [0.717, 1.165) is 23.9 Å². The van der Waals surface area contributed by atoms with Crippen LogP contribution < -0.4 is 0 Å². The number of rotatable bonds is 4. The summed E-state index contributed by atoms with van der Waals surface area (Å²) in [7, 11) is 1.90. The molecule has 0 aromatic heterocycles. The van der Waals surface area contributed by atoms with Gasteiger partial charge in [-0.05, 0) is 38.6 Å².